The Morgan fingerprint density at radius 1 is 1.16 bits per heavy atom. The molecule has 2 heterocycles. The predicted octanol–water partition coefficient (Wildman–Crippen LogP) is 5.90. The van der Waals surface area contributed by atoms with Gasteiger partial charge in [-0.2, -0.15) is 0 Å². The minimum atomic E-state index is -0.275. The maximum atomic E-state index is 14.2. The van der Waals surface area contributed by atoms with Gasteiger partial charge in [0.25, 0.3) is 0 Å². The number of carbonyl (C=O) groups excluding carboxylic acids is 1. The van der Waals surface area contributed by atoms with E-state index in [2.05, 4.69) is 26.1 Å². The zero-order valence-corrected chi connectivity index (χ0v) is 18.9. The topological polar surface area (TPSA) is 59.2 Å². The van der Waals surface area contributed by atoms with Gasteiger partial charge in [0.05, 0.1) is 18.7 Å². The van der Waals surface area contributed by atoms with Crippen LogP contribution in [0.15, 0.2) is 40.8 Å². The third-order valence-corrected chi connectivity index (χ3v) is 6.75. The molecule has 5 rings (SSSR count). The van der Waals surface area contributed by atoms with Gasteiger partial charge in [-0.25, -0.2) is 4.39 Å². The maximum Gasteiger partial charge on any atom is 0.245 e. The van der Waals surface area contributed by atoms with Gasteiger partial charge < -0.3 is 9.32 Å². The van der Waals surface area contributed by atoms with Crippen LogP contribution in [0.3, 0.4) is 0 Å². The van der Waals surface area contributed by atoms with E-state index in [-0.39, 0.29) is 24.7 Å². The highest BCUT2D eigenvalue weighted by molar-refractivity contribution is 9.15. The molecule has 1 aliphatic carbocycles. The Hall–Kier alpha value is -2.80. The Balaban J connectivity index is 1.58. The number of amides is 1. The largest absolute Gasteiger partial charge is 0.421 e. The van der Waals surface area contributed by atoms with Gasteiger partial charge in [-0.1, -0.05) is 30.3 Å². The van der Waals surface area contributed by atoms with Crippen molar-refractivity contribution in [2.75, 3.05) is 4.90 Å². The molecule has 3 aromatic rings. The molecule has 5 nitrogen and oxygen atoms in total. The Kier molecular flexibility index (Phi) is 5.01. The highest BCUT2D eigenvalue weighted by atomic mass is 79.9. The van der Waals surface area contributed by atoms with Gasteiger partial charge in [-0.15, -0.1) is 10.2 Å². The highest BCUT2D eigenvalue weighted by Crippen LogP contribution is 2.45. The normalized spacial score (nSPS) is 16.5. The zero-order chi connectivity index (χ0) is 21.7. The van der Waals surface area contributed by atoms with Gasteiger partial charge in [0, 0.05) is 21.5 Å². The number of fused-ring (bicyclic) bond motifs is 1. The summed E-state index contributed by atoms with van der Waals surface area (Å²) in [5.74, 6) is 0.966. The number of halogens is 2. The molecule has 2 aliphatic rings. The first-order valence-corrected chi connectivity index (χ1v) is 11.1. The molecule has 0 spiro atoms. The van der Waals surface area contributed by atoms with Gasteiger partial charge in [-0.3, -0.25) is 4.79 Å². The van der Waals surface area contributed by atoms with E-state index in [1.165, 1.54) is 6.07 Å². The first-order valence-electron chi connectivity index (χ1n) is 10.3. The summed E-state index contributed by atoms with van der Waals surface area (Å²) in [5.41, 5.74) is 4.63. The van der Waals surface area contributed by atoms with Gasteiger partial charge in [0.1, 0.15) is 5.82 Å². The average Bonchev–Trinajstić information content (AvgIpc) is 3.50. The van der Waals surface area contributed by atoms with Crippen molar-refractivity contribution >= 4 is 37.6 Å². The summed E-state index contributed by atoms with van der Waals surface area (Å²) >= 11 is 3.71. The molecule has 0 unspecified atom stereocenters. The number of para-hydroxylation sites is 1. The first-order chi connectivity index (χ1) is 14.9. The fourth-order valence-electron chi connectivity index (χ4n) is 3.91. The average molecular weight is 482 g/mol. The van der Waals surface area contributed by atoms with E-state index in [1.54, 1.807) is 17.9 Å². The SMILES string of the molecule is Cc1ccc(CN2C(=O)CC(c3nnc(C4CC4)o3)=C(Br)c3cccc(C)c32)cc1F. The van der Waals surface area contributed by atoms with E-state index >= 15 is 0 Å². The number of aromatic nitrogens is 2. The molecule has 0 radical (unpaired) electrons. The molecule has 1 amide bonds. The molecule has 1 saturated carbocycles. The van der Waals surface area contributed by atoms with E-state index in [1.807, 2.05) is 31.2 Å². The van der Waals surface area contributed by atoms with Crippen molar-refractivity contribution in [1.82, 2.24) is 10.2 Å². The molecule has 7 heteroatoms. The molecule has 1 aliphatic heterocycles. The number of benzene rings is 2. The van der Waals surface area contributed by atoms with E-state index in [0.29, 0.717) is 28.8 Å². The Bertz CT molecular complexity index is 1230. The quantitative estimate of drug-likeness (QED) is 0.465. The highest BCUT2D eigenvalue weighted by Gasteiger charge is 2.33. The van der Waals surface area contributed by atoms with Crippen molar-refractivity contribution in [3.63, 3.8) is 0 Å². The lowest BCUT2D eigenvalue weighted by molar-refractivity contribution is -0.117. The number of carbonyl (C=O) groups is 1. The number of hydrogen-bond acceptors (Lipinski definition) is 4. The van der Waals surface area contributed by atoms with E-state index < -0.39 is 0 Å². The molecule has 0 atom stereocenters. The molecule has 0 N–H and O–H groups in total. The van der Waals surface area contributed by atoms with Gasteiger partial charge >= 0.3 is 0 Å². The van der Waals surface area contributed by atoms with Crippen molar-refractivity contribution in [2.24, 2.45) is 0 Å². The molecular weight excluding hydrogens is 461 g/mol. The van der Waals surface area contributed by atoms with E-state index in [0.717, 1.165) is 39.7 Å². The van der Waals surface area contributed by atoms with Crippen molar-refractivity contribution in [3.05, 3.63) is 76.3 Å². The van der Waals surface area contributed by atoms with Crippen LogP contribution >= 0.6 is 15.9 Å². The van der Waals surface area contributed by atoms with Crippen LogP contribution in [0.25, 0.3) is 10.1 Å². The van der Waals surface area contributed by atoms with Crippen molar-refractivity contribution in [2.45, 2.75) is 45.6 Å². The van der Waals surface area contributed by atoms with Gasteiger partial charge in [-0.05, 0) is 65.4 Å². The van der Waals surface area contributed by atoms with E-state index in [4.69, 9.17) is 4.42 Å². The second kappa shape index (κ2) is 7.71. The summed E-state index contributed by atoms with van der Waals surface area (Å²) < 4.78 is 20.8. The summed E-state index contributed by atoms with van der Waals surface area (Å²) in [6, 6.07) is 11.0. The molecule has 158 valence electrons. The Morgan fingerprint density at radius 3 is 2.71 bits per heavy atom. The fourth-order valence-corrected chi connectivity index (χ4v) is 4.54. The number of rotatable bonds is 4. The van der Waals surface area contributed by atoms with Crippen LogP contribution in [0, 0.1) is 19.7 Å². The Labute approximate surface area is 188 Å². The lowest BCUT2D eigenvalue weighted by atomic mass is 10.0. The predicted molar refractivity (Wildman–Crippen MR) is 120 cm³/mol. The second-order valence-electron chi connectivity index (χ2n) is 8.22. The summed E-state index contributed by atoms with van der Waals surface area (Å²) in [4.78, 5) is 15.2. The fraction of sp³-hybridized carbons (Fsp3) is 0.292. The Morgan fingerprint density at radius 2 is 1.97 bits per heavy atom. The number of anilines is 1. The lowest BCUT2D eigenvalue weighted by Crippen LogP contribution is -2.30. The minimum absolute atomic E-state index is 0.104. The first kappa shape index (κ1) is 20.1. The van der Waals surface area contributed by atoms with Crippen molar-refractivity contribution in [1.29, 1.82) is 0 Å². The van der Waals surface area contributed by atoms with Crippen LogP contribution in [0.1, 0.15) is 59.2 Å². The van der Waals surface area contributed by atoms with Crippen LogP contribution < -0.4 is 4.90 Å². The molecule has 0 bridgehead atoms. The van der Waals surface area contributed by atoms with Crippen LogP contribution in [0.2, 0.25) is 0 Å². The standard InChI is InChI=1S/C24H21BrFN3O2/c1-13-6-7-15(10-19(13)26)12-29-20(30)11-18(24-28-27-23(31-24)16-8-9-16)21(25)17-5-3-4-14(2)22(17)29/h3-7,10,16H,8-9,11-12H2,1-2H3. The third-order valence-electron chi connectivity index (χ3n) is 5.84. The van der Waals surface area contributed by atoms with Crippen molar-refractivity contribution in [3.8, 4) is 0 Å². The molecule has 2 aromatic carbocycles. The van der Waals surface area contributed by atoms with Gasteiger partial charge in [0.2, 0.25) is 17.7 Å². The molecule has 1 aromatic heterocycles. The third kappa shape index (κ3) is 3.71. The number of nitrogens with zero attached hydrogens (tertiary/aromatic N) is 3. The smallest absolute Gasteiger partial charge is 0.245 e. The molecule has 0 saturated heterocycles. The summed E-state index contributed by atoms with van der Waals surface area (Å²) in [5, 5.41) is 8.41. The molecule has 31 heavy (non-hydrogen) atoms. The van der Waals surface area contributed by atoms with Crippen LogP contribution in [0.5, 0.6) is 0 Å². The number of aryl methyl sites for hydroxylation is 2. The summed E-state index contributed by atoms with van der Waals surface area (Å²) in [6.45, 7) is 3.97. The minimum Gasteiger partial charge on any atom is -0.421 e. The maximum absolute atomic E-state index is 14.2. The molecule has 1 fully saturated rings. The molecular formula is C24H21BrFN3O2. The second-order valence-corrected chi connectivity index (χ2v) is 9.02. The number of hydrogen-bond donors (Lipinski definition) is 0. The van der Waals surface area contributed by atoms with Gasteiger partial charge in [0.15, 0.2) is 0 Å². The lowest BCUT2D eigenvalue weighted by Gasteiger charge is -2.25. The summed E-state index contributed by atoms with van der Waals surface area (Å²) in [7, 11) is 0. The van der Waals surface area contributed by atoms with Crippen LogP contribution in [-0.4, -0.2) is 16.1 Å². The monoisotopic (exact) mass is 481 g/mol. The zero-order valence-electron chi connectivity index (χ0n) is 17.3. The van der Waals surface area contributed by atoms with Crippen molar-refractivity contribution < 1.29 is 13.6 Å². The van der Waals surface area contributed by atoms with Crippen LogP contribution in [-0.2, 0) is 11.3 Å². The van der Waals surface area contributed by atoms with E-state index in [9.17, 15) is 9.18 Å². The van der Waals surface area contributed by atoms with Crippen LogP contribution in [0.4, 0.5) is 10.1 Å². The summed E-state index contributed by atoms with van der Waals surface area (Å²) in [6.07, 6.45) is 2.22.